The van der Waals surface area contributed by atoms with Crippen LogP contribution in [0, 0.1) is 5.39 Å². The third-order valence-corrected chi connectivity index (χ3v) is 3.22. The lowest BCUT2D eigenvalue weighted by Crippen LogP contribution is -1.96. The molecule has 3 heteroatoms. The van der Waals surface area contributed by atoms with E-state index in [0.717, 1.165) is 18.8 Å². The maximum absolute atomic E-state index is 8.56. The van der Waals surface area contributed by atoms with E-state index in [-0.39, 0.29) is 0 Å². The van der Waals surface area contributed by atoms with Gasteiger partial charge < -0.3 is 4.74 Å². The highest BCUT2D eigenvalue weighted by atomic mass is 16.5. The second kappa shape index (κ2) is 10.4. The normalized spacial score (nSPS) is 10.1. The Morgan fingerprint density at radius 1 is 0.895 bits per heavy atom. The largest absolute Gasteiger partial charge is 0.494 e. The number of ether oxygens (including phenoxy) is 1. The molecule has 0 saturated heterocycles. The zero-order chi connectivity index (χ0) is 13.8. The highest BCUT2D eigenvalue weighted by Crippen LogP contribution is 2.18. The monoisotopic (exact) mass is 261 g/mol. The Balaban J connectivity index is 1.97. The summed E-state index contributed by atoms with van der Waals surface area (Å²) in [5.74, 6) is 0.843. The Kier molecular flexibility index (Phi) is 8.46. The lowest BCUT2D eigenvalue weighted by molar-refractivity contribution is 0.304. The molecule has 0 bridgehead atoms. The lowest BCUT2D eigenvalue weighted by atomic mass is 10.1. The molecule has 0 heterocycles. The molecular formula is C16H25N2O+. The Labute approximate surface area is 116 Å². The molecule has 0 aromatic heterocycles. The van der Waals surface area contributed by atoms with Crippen LogP contribution in [0.25, 0.3) is 4.98 Å². The second-order valence-corrected chi connectivity index (χ2v) is 4.92. The first-order valence-corrected chi connectivity index (χ1v) is 7.44. The summed E-state index contributed by atoms with van der Waals surface area (Å²) in [7, 11) is 0. The van der Waals surface area contributed by atoms with E-state index in [2.05, 4.69) is 11.9 Å². The molecule has 0 aliphatic rings. The fourth-order valence-corrected chi connectivity index (χ4v) is 2.03. The first-order valence-electron chi connectivity index (χ1n) is 7.44. The van der Waals surface area contributed by atoms with Crippen LogP contribution in [0.1, 0.15) is 58.3 Å². The molecule has 0 saturated carbocycles. The van der Waals surface area contributed by atoms with Crippen LogP contribution in [0.2, 0.25) is 0 Å². The van der Waals surface area contributed by atoms with Gasteiger partial charge in [-0.25, -0.2) is 0 Å². The van der Waals surface area contributed by atoms with Crippen molar-refractivity contribution in [3.05, 3.63) is 29.2 Å². The summed E-state index contributed by atoms with van der Waals surface area (Å²) in [5.41, 5.74) is 0.555. The van der Waals surface area contributed by atoms with Crippen LogP contribution in [-0.4, -0.2) is 6.61 Å². The van der Waals surface area contributed by atoms with Crippen LogP contribution in [0.3, 0.4) is 0 Å². The van der Waals surface area contributed by atoms with Crippen molar-refractivity contribution < 1.29 is 4.74 Å². The van der Waals surface area contributed by atoms with Gasteiger partial charge in [-0.1, -0.05) is 51.9 Å². The van der Waals surface area contributed by atoms with Gasteiger partial charge in [-0.05, 0) is 18.6 Å². The molecular weight excluding hydrogens is 236 g/mol. The van der Waals surface area contributed by atoms with Crippen molar-refractivity contribution in [1.29, 1.82) is 5.39 Å². The maximum atomic E-state index is 8.56. The van der Waals surface area contributed by atoms with E-state index >= 15 is 0 Å². The molecule has 0 unspecified atom stereocenters. The van der Waals surface area contributed by atoms with Gasteiger partial charge in [-0.2, -0.15) is 0 Å². The lowest BCUT2D eigenvalue weighted by Gasteiger charge is -2.05. The van der Waals surface area contributed by atoms with Gasteiger partial charge in [-0.3, -0.25) is 0 Å². The van der Waals surface area contributed by atoms with Gasteiger partial charge in [-0.15, -0.1) is 0 Å². The molecule has 104 valence electrons. The minimum absolute atomic E-state index is 0.555. The van der Waals surface area contributed by atoms with E-state index in [0.29, 0.717) is 5.69 Å². The first kappa shape index (κ1) is 15.5. The van der Waals surface area contributed by atoms with E-state index in [4.69, 9.17) is 10.1 Å². The summed E-state index contributed by atoms with van der Waals surface area (Å²) in [6.45, 7) is 3.02. The molecule has 0 aliphatic heterocycles. The van der Waals surface area contributed by atoms with Crippen molar-refractivity contribution in [3.8, 4) is 5.75 Å². The number of rotatable bonds is 10. The standard InChI is InChI=1S/C16H25N2O/c1-2-3-4-5-6-7-8-9-14-19-16-12-10-15(18-17)11-13-16/h10-13H,2-9,14H2,1H3/q+1. The summed E-state index contributed by atoms with van der Waals surface area (Å²) < 4.78 is 5.63. The summed E-state index contributed by atoms with van der Waals surface area (Å²) in [5, 5.41) is 8.56. The fraction of sp³-hybridized carbons (Fsp3) is 0.625. The van der Waals surface area contributed by atoms with Crippen LogP contribution in [0.4, 0.5) is 5.69 Å². The molecule has 0 spiro atoms. The van der Waals surface area contributed by atoms with Crippen molar-refractivity contribution in [2.75, 3.05) is 6.61 Å². The average molecular weight is 261 g/mol. The molecule has 1 aromatic carbocycles. The van der Waals surface area contributed by atoms with E-state index < -0.39 is 0 Å². The second-order valence-electron chi connectivity index (χ2n) is 4.92. The maximum Gasteiger partial charge on any atom is 0.385 e. The minimum Gasteiger partial charge on any atom is -0.494 e. The van der Waals surface area contributed by atoms with Crippen molar-refractivity contribution >= 4 is 5.69 Å². The summed E-state index contributed by atoms with van der Waals surface area (Å²) >= 11 is 0. The van der Waals surface area contributed by atoms with E-state index in [9.17, 15) is 0 Å². The van der Waals surface area contributed by atoms with Gasteiger partial charge in [0.05, 0.1) is 6.61 Å². The van der Waals surface area contributed by atoms with E-state index in [1.807, 2.05) is 12.1 Å². The highest BCUT2D eigenvalue weighted by Gasteiger charge is 2.02. The van der Waals surface area contributed by atoms with Crippen LogP contribution < -0.4 is 4.74 Å². The average Bonchev–Trinajstić information content (AvgIpc) is 2.46. The van der Waals surface area contributed by atoms with Gasteiger partial charge in [0.15, 0.2) is 4.98 Å². The van der Waals surface area contributed by atoms with E-state index in [1.165, 1.54) is 44.9 Å². The fourth-order valence-electron chi connectivity index (χ4n) is 2.03. The summed E-state index contributed by atoms with van der Waals surface area (Å²) in [6.07, 6.45) is 10.5. The molecule has 0 atom stereocenters. The predicted octanol–water partition coefficient (Wildman–Crippen LogP) is 5.69. The number of hydrogen-bond donors (Lipinski definition) is 0. The van der Waals surface area contributed by atoms with Crippen LogP contribution in [0.5, 0.6) is 5.75 Å². The Morgan fingerprint density at radius 2 is 1.47 bits per heavy atom. The Morgan fingerprint density at radius 3 is 2.05 bits per heavy atom. The third kappa shape index (κ3) is 7.46. The quantitative estimate of drug-likeness (QED) is 0.400. The van der Waals surface area contributed by atoms with Crippen molar-refractivity contribution in [2.24, 2.45) is 0 Å². The molecule has 1 rings (SSSR count). The predicted molar refractivity (Wildman–Crippen MR) is 79.3 cm³/mol. The number of diazo groups is 1. The van der Waals surface area contributed by atoms with Gasteiger partial charge in [0.2, 0.25) is 5.39 Å². The third-order valence-electron chi connectivity index (χ3n) is 3.22. The van der Waals surface area contributed by atoms with Gasteiger partial charge in [0.1, 0.15) is 5.75 Å². The first-order chi connectivity index (χ1) is 9.36. The van der Waals surface area contributed by atoms with E-state index in [1.54, 1.807) is 12.1 Å². The van der Waals surface area contributed by atoms with Gasteiger partial charge in [0, 0.05) is 12.1 Å². The topological polar surface area (TPSA) is 37.4 Å². The smallest absolute Gasteiger partial charge is 0.385 e. The van der Waals surface area contributed by atoms with Crippen molar-refractivity contribution in [1.82, 2.24) is 0 Å². The number of hydrogen-bond acceptors (Lipinski definition) is 2. The highest BCUT2D eigenvalue weighted by molar-refractivity contribution is 5.46. The molecule has 0 amide bonds. The van der Waals surface area contributed by atoms with Crippen LogP contribution >= 0.6 is 0 Å². The SMILES string of the molecule is CCCCCCCCCCOc1ccc([N+]#N)cc1. The summed E-state index contributed by atoms with van der Waals surface area (Å²) in [4.78, 5) is 3.11. The van der Waals surface area contributed by atoms with Crippen molar-refractivity contribution in [3.63, 3.8) is 0 Å². The number of benzene rings is 1. The van der Waals surface area contributed by atoms with Crippen LogP contribution in [-0.2, 0) is 0 Å². The van der Waals surface area contributed by atoms with Crippen LogP contribution in [0.15, 0.2) is 24.3 Å². The molecule has 0 aliphatic carbocycles. The molecule has 0 N–H and O–H groups in total. The molecule has 19 heavy (non-hydrogen) atoms. The summed E-state index contributed by atoms with van der Waals surface area (Å²) in [6, 6.07) is 7.14. The zero-order valence-electron chi connectivity index (χ0n) is 12.0. The van der Waals surface area contributed by atoms with Crippen molar-refractivity contribution in [2.45, 2.75) is 58.3 Å². The molecule has 3 nitrogen and oxygen atoms in total. The number of nitrogens with zero attached hydrogens (tertiary/aromatic N) is 2. The molecule has 1 aromatic rings. The Hall–Kier alpha value is -1.56. The number of unbranched alkanes of at least 4 members (excludes halogenated alkanes) is 7. The minimum atomic E-state index is 0.555. The Bertz CT molecular complexity index is 367. The molecule has 0 radical (unpaired) electrons. The van der Waals surface area contributed by atoms with Gasteiger partial charge in [0.25, 0.3) is 0 Å². The van der Waals surface area contributed by atoms with Gasteiger partial charge >= 0.3 is 5.69 Å². The zero-order valence-corrected chi connectivity index (χ0v) is 12.0. The molecule has 0 fully saturated rings.